The van der Waals surface area contributed by atoms with Crippen molar-refractivity contribution in [3.05, 3.63) is 35.9 Å². The third kappa shape index (κ3) is 4.65. The number of benzene rings is 1. The zero-order valence-corrected chi connectivity index (χ0v) is 10.3. The SMILES string of the molecule is COCCC(NCC(=O)c1ccccc1)C(=O)O. The maximum atomic E-state index is 11.8. The summed E-state index contributed by atoms with van der Waals surface area (Å²) in [5.74, 6) is -1.10. The number of carboxylic acid groups (broad SMARTS) is 1. The van der Waals surface area contributed by atoms with Crippen LogP contribution >= 0.6 is 0 Å². The quantitative estimate of drug-likeness (QED) is 0.673. The van der Waals surface area contributed by atoms with Crippen LogP contribution in [0.1, 0.15) is 16.8 Å². The summed E-state index contributed by atoms with van der Waals surface area (Å²) in [6.45, 7) is 0.341. The second-order valence-corrected chi connectivity index (χ2v) is 3.84. The molecular weight excluding hydrogens is 234 g/mol. The second kappa shape index (κ2) is 7.58. The lowest BCUT2D eigenvalue weighted by Gasteiger charge is -2.13. The van der Waals surface area contributed by atoms with Crippen molar-refractivity contribution in [3.63, 3.8) is 0 Å². The average Bonchev–Trinajstić information content (AvgIpc) is 2.39. The van der Waals surface area contributed by atoms with Crippen molar-refractivity contribution in [1.82, 2.24) is 5.32 Å². The monoisotopic (exact) mass is 251 g/mol. The highest BCUT2D eigenvalue weighted by molar-refractivity contribution is 5.97. The summed E-state index contributed by atoms with van der Waals surface area (Å²) < 4.78 is 4.83. The molecule has 0 amide bonds. The van der Waals surface area contributed by atoms with Crippen LogP contribution in [0.3, 0.4) is 0 Å². The number of ketones is 1. The Morgan fingerprint density at radius 2 is 2.00 bits per heavy atom. The van der Waals surface area contributed by atoms with Crippen LogP contribution in [-0.4, -0.2) is 43.2 Å². The van der Waals surface area contributed by atoms with Crippen LogP contribution in [-0.2, 0) is 9.53 Å². The number of carbonyl (C=O) groups is 2. The number of ether oxygens (including phenoxy) is 1. The Hall–Kier alpha value is -1.72. The van der Waals surface area contributed by atoms with Crippen molar-refractivity contribution in [1.29, 1.82) is 0 Å². The first kappa shape index (κ1) is 14.3. The van der Waals surface area contributed by atoms with Crippen LogP contribution in [0, 0.1) is 0 Å². The van der Waals surface area contributed by atoms with Gasteiger partial charge >= 0.3 is 5.97 Å². The summed E-state index contributed by atoms with van der Waals surface area (Å²) in [4.78, 5) is 22.7. The van der Waals surface area contributed by atoms with Gasteiger partial charge in [-0.1, -0.05) is 30.3 Å². The number of hydrogen-bond donors (Lipinski definition) is 2. The van der Waals surface area contributed by atoms with E-state index in [1.54, 1.807) is 24.3 Å². The first-order chi connectivity index (χ1) is 8.65. The largest absolute Gasteiger partial charge is 0.480 e. The van der Waals surface area contributed by atoms with E-state index in [-0.39, 0.29) is 12.3 Å². The summed E-state index contributed by atoms with van der Waals surface area (Å²) in [7, 11) is 1.51. The fourth-order valence-electron chi connectivity index (χ4n) is 1.49. The summed E-state index contributed by atoms with van der Waals surface area (Å²) in [5, 5.41) is 11.7. The molecule has 0 fully saturated rings. The fourth-order valence-corrected chi connectivity index (χ4v) is 1.49. The van der Waals surface area contributed by atoms with Gasteiger partial charge in [0.25, 0.3) is 0 Å². The van der Waals surface area contributed by atoms with Gasteiger partial charge in [0.15, 0.2) is 5.78 Å². The number of carbonyl (C=O) groups excluding carboxylic acids is 1. The molecule has 0 aliphatic heterocycles. The lowest BCUT2D eigenvalue weighted by Crippen LogP contribution is -2.40. The molecule has 0 aliphatic rings. The van der Waals surface area contributed by atoms with Gasteiger partial charge in [-0.25, -0.2) is 0 Å². The molecule has 18 heavy (non-hydrogen) atoms. The molecule has 1 aromatic carbocycles. The third-order valence-electron chi connectivity index (χ3n) is 2.51. The molecule has 0 spiro atoms. The Morgan fingerprint density at radius 1 is 1.33 bits per heavy atom. The normalized spacial score (nSPS) is 12.1. The third-order valence-corrected chi connectivity index (χ3v) is 2.51. The minimum absolute atomic E-state index is 0.00466. The van der Waals surface area contributed by atoms with Crippen molar-refractivity contribution >= 4 is 11.8 Å². The Labute approximate surface area is 106 Å². The van der Waals surface area contributed by atoms with Gasteiger partial charge in [0.2, 0.25) is 0 Å². The van der Waals surface area contributed by atoms with E-state index in [0.717, 1.165) is 0 Å². The minimum Gasteiger partial charge on any atom is -0.480 e. The number of Topliss-reactive ketones (excluding diaryl/α,β-unsaturated/α-hetero) is 1. The molecule has 0 aromatic heterocycles. The van der Waals surface area contributed by atoms with Gasteiger partial charge in [0, 0.05) is 19.3 Å². The van der Waals surface area contributed by atoms with E-state index in [0.29, 0.717) is 18.6 Å². The number of rotatable bonds is 8. The van der Waals surface area contributed by atoms with E-state index in [9.17, 15) is 9.59 Å². The van der Waals surface area contributed by atoms with Crippen molar-refractivity contribution in [2.45, 2.75) is 12.5 Å². The number of carboxylic acids is 1. The zero-order valence-electron chi connectivity index (χ0n) is 10.3. The van der Waals surface area contributed by atoms with Crippen LogP contribution < -0.4 is 5.32 Å². The molecule has 0 saturated carbocycles. The molecule has 0 saturated heterocycles. The maximum Gasteiger partial charge on any atom is 0.320 e. The molecule has 1 aromatic rings. The summed E-state index contributed by atoms with van der Waals surface area (Å²) in [5.41, 5.74) is 0.570. The van der Waals surface area contributed by atoms with E-state index in [2.05, 4.69) is 5.32 Å². The molecule has 2 N–H and O–H groups in total. The molecule has 5 nitrogen and oxygen atoms in total. The standard InChI is InChI=1S/C13H17NO4/c1-18-8-7-11(13(16)17)14-9-12(15)10-5-3-2-4-6-10/h2-6,11,14H,7-9H2,1H3,(H,16,17). The molecule has 0 bridgehead atoms. The van der Waals surface area contributed by atoms with Crippen molar-refractivity contribution < 1.29 is 19.4 Å². The van der Waals surface area contributed by atoms with Crippen LogP contribution in [0.25, 0.3) is 0 Å². The molecule has 98 valence electrons. The van der Waals surface area contributed by atoms with E-state index in [1.807, 2.05) is 6.07 Å². The first-order valence-electron chi connectivity index (χ1n) is 5.68. The highest BCUT2D eigenvalue weighted by atomic mass is 16.5. The van der Waals surface area contributed by atoms with Gasteiger partial charge in [0.05, 0.1) is 6.54 Å². The second-order valence-electron chi connectivity index (χ2n) is 3.84. The van der Waals surface area contributed by atoms with Crippen LogP contribution in [0.4, 0.5) is 0 Å². The van der Waals surface area contributed by atoms with Gasteiger partial charge in [-0.2, -0.15) is 0 Å². The summed E-state index contributed by atoms with van der Waals surface area (Å²) >= 11 is 0. The lowest BCUT2D eigenvalue weighted by molar-refractivity contribution is -0.139. The smallest absolute Gasteiger partial charge is 0.320 e. The molecule has 0 aliphatic carbocycles. The van der Waals surface area contributed by atoms with Crippen LogP contribution in [0.2, 0.25) is 0 Å². The van der Waals surface area contributed by atoms with Gasteiger partial charge in [-0.15, -0.1) is 0 Å². The Morgan fingerprint density at radius 3 is 2.56 bits per heavy atom. The average molecular weight is 251 g/mol. The molecule has 0 radical (unpaired) electrons. The van der Waals surface area contributed by atoms with Crippen LogP contribution in [0.15, 0.2) is 30.3 Å². The minimum atomic E-state index is -0.979. The van der Waals surface area contributed by atoms with E-state index < -0.39 is 12.0 Å². The van der Waals surface area contributed by atoms with Crippen molar-refractivity contribution in [2.24, 2.45) is 0 Å². The van der Waals surface area contributed by atoms with Gasteiger partial charge in [-0.3, -0.25) is 14.9 Å². The topological polar surface area (TPSA) is 75.6 Å². The van der Waals surface area contributed by atoms with Gasteiger partial charge < -0.3 is 9.84 Å². The molecule has 0 heterocycles. The van der Waals surface area contributed by atoms with Crippen molar-refractivity contribution in [3.8, 4) is 0 Å². The number of methoxy groups -OCH3 is 1. The summed E-state index contributed by atoms with van der Waals surface area (Å²) in [6.07, 6.45) is 0.327. The lowest BCUT2D eigenvalue weighted by atomic mass is 10.1. The highest BCUT2D eigenvalue weighted by Gasteiger charge is 2.17. The number of aliphatic carboxylic acids is 1. The maximum absolute atomic E-state index is 11.8. The van der Waals surface area contributed by atoms with Gasteiger partial charge in [-0.05, 0) is 6.42 Å². The van der Waals surface area contributed by atoms with Crippen LogP contribution in [0.5, 0.6) is 0 Å². The predicted octanol–water partition coefficient (Wildman–Crippen LogP) is 0.949. The number of hydrogen-bond acceptors (Lipinski definition) is 4. The number of nitrogens with one attached hydrogen (secondary N) is 1. The molecule has 1 rings (SSSR count). The molecule has 5 heteroatoms. The first-order valence-corrected chi connectivity index (χ1v) is 5.68. The van der Waals surface area contributed by atoms with E-state index in [1.165, 1.54) is 7.11 Å². The Kier molecular flexibility index (Phi) is 6.04. The highest BCUT2D eigenvalue weighted by Crippen LogP contribution is 2.00. The molecular formula is C13H17NO4. The molecule has 1 atom stereocenters. The van der Waals surface area contributed by atoms with Gasteiger partial charge in [0.1, 0.15) is 6.04 Å². The molecule has 1 unspecified atom stereocenters. The van der Waals surface area contributed by atoms with Crippen molar-refractivity contribution in [2.75, 3.05) is 20.3 Å². The van der Waals surface area contributed by atoms with E-state index in [4.69, 9.17) is 9.84 Å². The summed E-state index contributed by atoms with van der Waals surface area (Å²) in [6, 6.07) is 8.00. The Bertz CT molecular complexity index is 391. The fraction of sp³-hybridized carbons (Fsp3) is 0.385. The zero-order chi connectivity index (χ0) is 13.4. The predicted molar refractivity (Wildman–Crippen MR) is 66.7 cm³/mol. The Balaban J connectivity index is 2.47. The van der Waals surface area contributed by atoms with E-state index >= 15 is 0 Å².